The fraction of sp³-hybridized carbons (Fsp3) is 0. The number of benzene rings is 7. The van der Waals surface area contributed by atoms with E-state index in [1.54, 1.807) is 0 Å². The SMILES string of the molecule is Brc1ccc2ccc3c(-c4ccc5c(c4)Oc4cccc6cccc-5c46)ccc4ccc1c2c43. The molecular weight excluding hydrogens is 480 g/mol. The van der Waals surface area contributed by atoms with E-state index in [2.05, 4.69) is 119 Å². The van der Waals surface area contributed by atoms with Crippen molar-refractivity contribution in [2.24, 2.45) is 0 Å². The zero-order valence-corrected chi connectivity index (χ0v) is 19.7. The van der Waals surface area contributed by atoms with Crippen molar-refractivity contribution in [1.82, 2.24) is 0 Å². The maximum atomic E-state index is 6.45. The zero-order valence-electron chi connectivity index (χ0n) is 18.1. The van der Waals surface area contributed by atoms with Gasteiger partial charge in [0.2, 0.25) is 0 Å². The summed E-state index contributed by atoms with van der Waals surface area (Å²) in [4.78, 5) is 0. The molecule has 0 N–H and O–H groups in total. The van der Waals surface area contributed by atoms with Crippen molar-refractivity contribution >= 4 is 59.0 Å². The second-order valence-corrected chi connectivity index (χ2v) is 9.91. The van der Waals surface area contributed by atoms with Crippen molar-refractivity contribution in [1.29, 1.82) is 0 Å². The van der Waals surface area contributed by atoms with Crippen LogP contribution in [0.2, 0.25) is 0 Å². The van der Waals surface area contributed by atoms with Crippen LogP contribution >= 0.6 is 15.9 Å². The van der Waals surface area contributed by atoms with Gasteiger partial charge in [-0.1, -0.05) is 94.8 Å². The maximum absolute atomic E-state index is 6.45. The first-order valence-corrected chi connectivity index (χ1v) is 12.3. The first-order valence-electron chi connectivity index (χ1n) is 11.5. The van der Waals surface area contributed by atoms with Crippen molar-refractivity contribution in [2.75, 3.05) is 0 Å². The molecule has 1 heterocycles. The van der Waals surface area contributed by atoms with Gasteiger partial charge in [-0.05, 0) is 78.7 Å². The highest BCUT2D eigenvalue weighted by Crippen LogP contribution is 2.48. The highest BCUT2D eigenvalue weighted by molar-refractivity contribution is 9.10. The van der Waals surface area contributed by atoms with Crippen molar-refractivity contribution in [2.45, 2.75) is 0 Å². The summed E-state index contributed by atoms with van der Waals surface area (Å²) in [5.41, 5.74) is 4.78. The molecule has 0 atom stereocenters. The number of hydrogen-bond acceptors (Lipinski definition) is 1. The predicted molar refractivity (Wildman–Crippen MR) is 146 cm³/mol. The molecule has 0 fully saturated rings. The minimum absolute atomic E-state index is 0.914. The van der Waals surface area contributed by atoms with Gasteiger partial charge in [-0.3, -0.25) is 0 Å². The van der Waals surface area contributed by atoms with Crippen LogP contribution in [0.1, 0.15) is 0 Å². The van der Waals surface area contributed by atoms with Gasteiger partial charge in [0.25, 0.3) is 0 Å². The average Bonchev–Trinajstić information content (AvgIpc) is 2.88. The highest BCUT2D eigenvalue weighted by Gasteiger charge is 2.21. The molecule has 0 amide bonds. The van der Waals surface area contributed by atoms with Crippen LogP contribution < -0.4 is 4.74 Å². The highest BCUT2D eigenvalue weighted by atomic mass is 79.9. The second-order valence-electron chi connectivity index (χ2n) is 9.06. The van der Waals surface area contributed by atoms with Crippen LogP contribution in [0.25, 0.3) is 65.3 Å². The summed E-state index contributed by atoms with van der Waals surface area (Å²) in [5.74, 6) is 1.84. The first-order chi connectivity index (χ1) is 16.8. The third-order valence-electron chi connectivity index (χ3n) is 7.28. The van der Waals surface area contributed by atoms with Gasteiger partial charge >= 0.3 is 0 Å². The molecule has 7 aromatic rings. The normalized spacial score (nSPS) is 12.5. The van der Waals surface area contributed by atoms with Gasteiger partial charge in [0.15, 0.2) is 0 Å². The Balaban J connectivity index is 1.40. The minimum Gasteiger partial charge on any atom is -0.456 e. The van der Waals surface area contributed by atoms with E-state index in [0.29, 0.717) is 0 Å². The van der Waals surface area contributed by atoms with E-state index in [4.69, 9.17) is 4.74 Å². The quantitative estimate of drug-likeness (QED) is 0.205. The number of ether oxygens (including phenoxy) is 1. The van der Waals surface area contributed by atoms with E-state index in [1.165, 1.54) is 59.8 Å². The lowest BCUT2D eigenvalue weighted by Crippen LogP contribution is -1.97. The van der Waals surface area contributed by atoms with Gasteiger partial charge in [-0.15, -0.1) is 0 Å². The number of fused-ring (bicyclic) bond motifs is 2. The van der Waals surface area contributed by atoms with E-state index in [1.807, 2.05) is 0 Å². The smallest absolute Gasteiger partial charge is 0.135 e. The van der Waals surface area contributed by atoms with Crippen LogP contribution in [-0.4, -0.2) is 0 Å². The fourth-order valence-electron chi connectivity index (χ4n) is 5.75. The lowest BCUT2D eigenvalue weighted by Gasteiger charge is -2.22. The van der Waals surface area contributed by atoms with E-state index < -0.39 is 0 Å². The molecule has 2 heteroatoms. The molecule has 1 aliphatic heterocycles. The number of halogens is 1. The minimum atomic E-state index is 0.914. The number of hydrogen-bond donors (Lipinski definition) is 0. The van der Waals surface area contributed by atoms with Gasteiger partial charge in [-0.2, -0.15) is 0 Å². The molecule has 0 saturated heterocycles. The zero-order chi connectivity index (χ0) is 22.4. The lowest BCUT2D eigenvalue weighted by atomic mass is 9.88. The molecule has 158 valence electrons. The van der Waals surface area contributed by atoms with Gasteiger partial charge in [-0.25, -0.2) is 0 Å². The third kappa shape index (κ3) is 2.39. The lowest BCUT2D eigenvalue weighted by molar-refractivity contribution is 0.487. The monoisotopic (exact) mass is 496 g/mol. The molecule has 7 aromatic carbocycles. The standard InChI is InChI=1S/C32H17BrO/c33-27-16-11-20-8-14-25-22(12-7-19-9-15-26(27)32(20)31(19)25)21-10-13-23-24-5-1-3-18-4-2-6-28(30(18)24)34-29(23)17-21/h1-17H. The second kappa shape index (κ2) is 6.59. The average molecular weight is 497 g/mol. The van der Waals surface area contributed by atoms with Crippen molar-refractivity contribution in [3.63, 3.8) is 0 Å². The number of rotatable bonds is 1. The summed E-state index contributed by atoms with van der Waals surface area (Å²) >= 11 is 3.75. The van der Waals surface area contributed by atoms with Crippen molar-refractivity contribution < 1.29 is 4.74 Å². The molecule has 0 saturated carbocycles. The van der Waals surface area contributed by atoms with Crippen molar-refractivity contribution in [3.8, 4) is 33.8 Å². The Morgan fingerprint density at radius 3 is 2.03 bits per heavy atom. The Bertz CT molecular complexity index is 1940. The fourth-order valence-corrected chi connectivity index (χ4v) is 6.21. The molecule has 0 unspecified atom stereocenters. The summed E-state index contributed by atoms with van der Waals surface area (Å²) in [7, 11) is 0. The molecule has 0 spiro atoms. The van der Waals surface area contributed by atoms with Crippen LogP contribution in [-0.2, 0) is 0 Å². The molecule has 0 aliphatic carbocycles. The van der Waals surface area contributed by atoms with Gasteiger partial charge in [0, 0.05) is 15.4 Å². The van der Waals surface area contributed by atoms with Gasteiger partial charge < -0.3 is 4.74 Å². The Labute approximate surface area is 204 Å². The van der Waals surface area contributed by atoms with Crippen LogP contribution in [0.4, 0.5) is 0 Å². The molecular formula is C32H17BrO. The molecule has 1 nitrogen and oxygen atoms in total. The molecule has 0 bridgehead atoms. The topological polar surface area (TPSA) is 9.23 Å². The van der Waals surface area contributed by atoms with E-state index in [0.717, 1.165) is 21.5 Å². The van der Waals surface area contributed by atoms with Crippen LogP contribution in [0.15, 0.2) is 108 Å². The predicted octanol–water partition coefficient (Wildman–Crippen LogP) is 9.94. The summed E-state index contributed by atoms with van der Waals surface area (Å²) < 4.78 is 7.58. The van der Waals surface area contributed by atoms with Crippen LogP contribution in [0.5, 0.6) is 11.5 Å². The Hall–Kier alpha value is -3.88. The van der Waals surface area contributed by atoms with Crippen molar-refractivity contribution in [3.05, 3.63) is 108 Å². The Morgan fingerprint density at radius 1 is 0.471 bits per heavy atom. The van der Waals surface area contributed by atoms with E-state index in [-0.39, 0.29) is 0 Å². The maximum Gasteiger partial charge on any atom is 0.135 e. The molecule has 0 radical (unpaired) electrons. The third-order valence-corrected chi connectivity index (χ3v) is 7.97. The first kappa shape index (κ1) is 18.5. The van der Waals surface area contributed by atoms with Gasteiger partial charge in [0.1, 0.15) is 11.5 Å². The summed E-state index contributed by atoms with van der Waals surface area (Å²) in [5, 5.41) is 10.1. The summed E-state index contributed by atoms with van der Waals surface area (Å²) in [6, 6.07) is 37.2. The van der Waals surface area contributed by atoms with E-state index >= 15 is 0 Å². The Kier molecular flexibility index (Phi) is 3.59. The molecule has 1 aliphatic rings. The summed E-state index contributed by atoms with van der Waals surface area (Å²) in [6.07, 6.45) is 0. The van der Waals surface area contributed by atoms with Crippen LogP contribution in [0.3, 0.4) is 0 Å². The Morgan fingerprint density at radius 2 is 1.15 bits per heavy atom. The van der Waals surface area contributed by atoms with Gasteiger partial charge in [0.05, 0.1) is 0 Å². The largest absolute Gasteiger partial charge is 0.456 e. The molecule has 0 aromatic heterocycles. The molecule has 34 heavy (non-hydrogen) atoms. The van der Waals surface area contributed by atoms with Crippen LogP contribution in [0, 0.1) is 0 Å². The summed E-state index contributed by atoms with van der Waals surface area (Å²) in [6.45, 7) is 0. The van der Waals surface area contributed by atoms with E-state index in [9.17, 15) is 0 Å². The molecule has 8 rings (SSSR count).